The van der Waals surface area contributed by atoms with Crippen LogP contribution in [-0.2, 0) is 25.6 Å². The van der Waals surface area contributed by atoms with Gasteiger partial charge in [0.25, 0.3) is 0 Å². The predicted molar refractivity (Wildman–Crippen MR) is 97.0 cm³/mol. The number of H-pyrrole nitrogens is 1. The number of primary amides is 1. The van der Waals surface area contributed by atoms with E-state index in [-0.39, 0.29) is 18.9 Å². The number of carbonyl (C=O) groups excluding carboxylic acids is 4. The molecule has 0 unspecified atom stereocenters. The summed E-state index contributed by atoms with van der Waals surface area (Å²) in [6, 6.07) is -1.65. The molecule has 4 amide bonds. The lowest BCUT2D eigenvalue weighted by molar-refractivity contribution is -0.130. The van der Waals surface area contributed by atoms with Crippen LogP contribution in [0.2, 0.25) is 0 Å². The van der Waals surface area contributed by atoms with Gasteiger partial charge >= 0.3 is 0 Å². The van der Waals surface area contributed by atoms with Crippen molar-refractivity contribution in [2.75, 3.05) is 18.6 Å². The van der Waals surface area contributed by atoms with Crippen molar-refractivity contribution in [3.05, 3.63) is 18.2 Å². The normalized spacial score (nSPS) is 12.7. The highest BCUT2D eigenvalue weighted by Gasteiger charge is 2.22. The Morgan fingerprint density at radius 1 is 1.27 bits per heavy atom. The average Bonchev–Trinajstić information content (AvgIpc) is 3.08. The second-order valence-corrected chi connectivity index (χ2v) is 6.54. The van der Waals surface area contributed by atoms with Crippen LogP contribution in [0.1, 0.15) is 19.0 Å². The van der Waals surface area contributed by atoms with Crippen molar-refractivity contribution >= 4 is 35.4 Å². The number of aromatic nitrogens is 2. The first kappa shape index (κ1) is 21.5. The molecule has 0 saturated heterocycles. The van der Waals surface area contributed by atoms with Gasteiger partial charge in [0.15, 0.2) is 0 Å². The summed E-state index contributed by atoms with van der Waals surface area (Å²) in [6.07, 6.45) is 5.49. The highest BCUT2D eigenvalue weighted by atomic mass is 32.2. The average molecular weight is 384 g/mol. The van der Waals surface area contributed by atoms with Gasteiger partial charge in [0.2, 0.25) is 23.6 Å². The Morgan fingerprint density at radius 3 is 2.54 bits per heavy atom. The van der Waals surface area contributed by atoms with Gasteiger partial charge in [-0.25, -0.2) is 4.98 Å². The van der Waals surface area contributed by atoms with Gasteiger partial charge in [-0.15, -0.1) is 0 Å². The molecule has 0 bridgehead atoms. The first-order valence-electron chi connectivity index (χ1n) is 7.93. The summed E-state index contributed by atoms with van der Waals surface area (Å²) in [5.74, 6) is -1.40. The van der Waals surface area contributed by atoms with Crippen molar-refractivity contribution in [2.24, 2.45) is 5.73 Å². The van der Waals surface area contributed by atoms with Crippen molar-refractivity contribution in [2.45, 2.75) is 31.8 Å². The Kier molecular flexibility index (Phi) is 9.20. The van der Waals surface area contributed by atoms with Gasteiger partial charge < -0.3 is 26.7 Å². The second-order valence-electron chi connectivity index (χ2n) is 5.56. The Bertz CT molecular complexity index is 622. The van der Waals surface area contributed by atoms with Crippen LogP contribution in [0, 0.1) is 0 Å². The molecule has 0 aliphatic rings. The smallest absolute Gasteiger partial charge is 0.243 e. The molecule has 11 heteroatoms. The van der Waals surface area contributed by atoms with Crippen LogP contribution in [0.15, 0.2) is 12.5 Å². The number of carbonyl (C=O) groups is 4. The van der Waals surface area contributed by atoms with E-state index in [1.54, 1.807) is 0 Å². The first-order chi connectivity index (χ1) is 12.3. The topological polar surface area (TPSA) is 159 Å². The SMILES string of the molecule is CSCC[C@H](NC(=O)CNC(=O)[C@H](Cc1cnc[nH]1)NC(C)=O)C(N)=O. The zero-order chi connectivity index (χ0) is 19.5. The Labute approximate surface area is 155 Å². The van der Waals surface area contributed by atoms with Crippen LogP contribution in [0.25, 0.3) is 0 Å². The third-order valence-corrected chi connectivity index (χ3v) is 4.03. The lowest BCUT2D eigenvalue weighted by atomic mass is 10.1. The maximum atomic E-state index is 12.3. The van der Waals surface area contributed by atoms with E-state index >= 15 is 0 Å². The zero-order valence-electron chi connectivity index (χ0n) is 14.7. The number of imidazole rings is 1. The molecule has 144 valence electrons. The zero-order valence-corrected chi connectivity index (χ0v) is 15.5. The molecule has 0 fully saturated rings. The van der Waals surface area contributed by atoms with Crippen LogP contribution in [0.3, 0.4) is 0 Å². The van der Waals surface area contributed by atoms with E-state index in [2.05, 4.69) is 25.9 Å². The number of thioether (sulfide) groups is 1. The molecule has 1 aromatic heterocycles. The minimum absolute atomic E-state index is 0.199. The lowest BCUT2D eigenvalue weighted by Crippen LogP contribution is -2.52. The quantitative estimate of drug-likeness (QED) is 0.306. The third-order valence-electron chi connectivity index (χ3n) is 3.39. The maximum absolute atomic E-state index is 12.3. The molecular weight excluding hydrogens is 360 g/mol. The Balaban J connectivity index is 2.55. The first-order valence-corrected chi connectivity index (χ1v) is 9.32. The van der Waals surface area contributed by atoms with Crippen LogP contribution in [0.5, 0.6) is 0 Å². The van der Waals surface area contributed by atoms with Gasteiger partial charge in [0.05, 0.1) is 12.9 Å². The fraction of sp³-hybridized carbons (Fsp3) is 0.533. The molecule has 0 saturated carbocycles. The monoisotopic (exact) mass is 384 g/mol. The number of rotatable bonds is 11. The summed E-state index contributed by atoms with van der Waals surface area (Å²) < 4.78 is 0. The lowest BCUT2D eigenvalue weighted by Gasteiger charge is -2.18. The largest absolute Gasteiger partial charge is 0.368 e. The van der Waals surface area contributed by atoms with Gasteiger partial charge in [-0.3, -0.25) is 19.2 Å². The summed E-state index contributed by atoms with van der Waals surface area (Å²) in [5.41, 5.74) is 5.91. The minimum atomic E-state index is -0.857. The molecule has 2 atom stereocenters. The van der Waals surface area contributed by atoms with Crippen molar-refractivity contribution in [3.63, 3.8) is 0 Å². The highest BCUT2D eigenvalue weighted by Crippen LogP contribution is 2.01. The van der Waals surface area contributed by atoms with E-state index < -0.39 is 29.8 Å². The minimum Gasteiger partial charge on any atom is -0.368 e. The molecule has 0 spiro atoms. The van der Waals surface area contributed by atoms with Gasteiger partial charge in [-0.05, 0) is 18.4 Å². The number of hydrogen-bond donors (Lipinski definition) is 5. The molecule has 1 heterocycles. The molecule has 0 aliphatic heterocycles. The van der Waals surface area contributed by atoms with Crippen molar-refractivity contribution in [3.8, 4) is 0 Å². The molecule has 26 heavy (non-hydrogen) atoms. The Morgan fingerprint density at radius 2 is 2.00 bits per heavy atom. The van der Waals surface area contributed by atoms with Gasteiger partial charge in [0.1, 0.15) is 12.1 Å². The number of nitrogens with one attached hydrogen (secondary N) is 4. The molecular formula is C15H24N6O4S. The third kappa shape index (κ3) is 8.01. The van der Waals surface area contributed by atoms with Crippen LogP contribution in [0.4, 0.5) is 0 Å². The van der Waals surface area contributed by atoms with E-state index in [0.717, 1.165) is 0 Å². The summed E-state index contributed by atoms with van der Waals surface area (Å²) in [5, 5.41) is 7.45. The summed E-state index contributed by atoms with van der Waals surface area (Å²) >= 11 is 1.53. The molecule has 1 rings (SSSR count). The fourth-order valence-corrected chi connectivity index (χ4v) is 2.60. The van der Waals surface area contributed by atoms with Crippen molar-refractivity contribution < 1.29 is 19.2 Å². The molecule has 6 N–H and O–H groups in total. The van der Waals surface area contributed by atoms with E-state index in [0.29, 0.717) is 17.9 Å². The van der Waals surface area contributed by atoms with E-state index in [9.17, 15) is 19.2 Å². The highest BCUT2D eigenvalue weighted by molar-refractivity contribution is 7.98. The van der Waals surface area contributed by atoms with Crippen molar-refractivity contribution in [1.82, 2.24) is 25.9 Å². The van der Waals surface area contributed by atoms with E-state index in [1.807, 2.05) is 6.26 Å². The number of hydrogen-bond acceptors (Lipinski definition) is 6. The molecule has 10 nitrogen and oxygen atoms in total. The molecule has 0 radical (unpaired) electrons. The van der Waals surface area contributed by atoms with Crippen LogP contribution >= 0.6 is 11.8 Å². The Hall–Kier alpha value is -2.56. The van der Waals surface area contributed by atoms with Crippen molar-refractivity contribution in [1.29, 1.82) is 0 Å². The van der Waals surface area contributed by atoms with E-state index in [1.165, 1.54) is 31.2 Å². The molecule has 1 aromatic rings. The van der Waals surface area contributed by atoms with Gasteiger partial charge in [-0.2, -0.15) is 11.8 Å². The molecule has 0 aromatic carbocycles. The standard InChI is InChI=1S/C15H24N6O4S/c1-9(22)20-12(5-10-6-17-8-19-10)15(25)18-7-13(23)21-11(14(16)24)3-4-26-2/h6,8,11-12H,3-5,7H2,1-2H3,(H2,16,24)(H,17,19)(H,18,25)(H,20,22)(H,21,23)/t11-,12-/m0/s1. The maximum Gasteiger partial charge on any atom is 0.243 e. The summed E-state index contributed by atoms with van der Waals surface area (Å²) in [4.78, 5) is 53.5. The van der Waals surface area contributed by atoms with Crippen LogP contribution < -0.4 is 21.7 Å². The number of amides is 4. The number of nitrogens with two attached hydrogens (primary N) is 1. The van der Waals surface area contributed by atoms with E-state index in [4.69, 9.17) is 5.73 Å². The molecule has 0 aliphatic carbocycles. The predicted octanol–water partition coefficient (Wildman–Crippen LogP) is -1.70. The number of aromatic amines is 1. The van der Waals surface area contributed by atoms with Gasteiger partial charge in [0, 0.05) is 25.2 Å². The number of nitrogens with zero attached hydrogens (tertiary/aromatic N) is 1. The van der Waals surface area contributed by atoms with Crippen LogP contribution in [-0.4, -0.2) is 64.2 Å². The summed E-state index contributed by atoms with van der Waals surface area (Å²) in [6.45, 7) is 0.962. The second kappa shape index (κ2) is 11.1. The summed E-state index contributed by atoms with van der Waals surface area (Å²) in [7, 11) is 0. The fourth-order valence-electron chi connectivity index (χ4n) is 2.13. The van der Waals surface area contributed by atoms with Gasteiger partial charge in [-0.1, -0.05) is 0 Å².